The van der Waals surface area contributed by atoms with Crippen LogP contribution in [0.1, 0.15) is 6.92 Å². The van der Waals surface area contributed by atoms with Gasteiger partial charge in [-0.1, -0.05) is 0 Å². The summed E-state index contributed by atoms with van der Waals surface area (Å²) < 4.78 is 7.09. The third kappa shape index (κ3) is 1.47. The molecule has 1 aromatic rings. The van der Waals surface area contributed by atoms with E-state index in [0.29, 0.717) is 0 Å². The minimum absolute atomic E-state index is 0.907. The van der Waals surface area contributed by atoms with E-state index >= 15 is 0 Å². The molecule has 0 aliphatic heterocycles. The van der Waals surface area contributed by atoms with Crippen molar-refractivity contribution in [1.82, 2.24) is 0 Å². The summed E-state index contributed by atoms with van der Waals surface area (Å²) in [7, 11) is 1.67. The van der Waals surface area contributed by atoms with E-state index < -0.39 is 0 Å². The molecule has 1 rings (SSSR count). The summed E-state index contributed by atoms with van der Waals surface area (Å²) >= 11 is 0. The lowest BCUT2D eigenvalue weighted by atomic mass is 10.4. The zero-order valence-electron chi connectivity index (χ0n) is 6.37. The van der Waals surface area contributed by atoms with E-state index in [1.54, 1.807) is 7.11 Å². The average molecular weight is 138 g/mol. The van der Waals surface area contributed by atoms with Crippen LogP contribution in [-0.4, -0.2) is 7.11 Å². The fourth-order valence-electron chi connectivity index (χ4n) is 0.791. The van der Waals surface area contributed by atoms with Gasteiger partial charge in [-0.25, -0.2) is 4.57 Å². The molecule has 0 fully saturated rings. The molecule has 0 amide bonds. The first kappa shape index (κ1) is 7.06. The highest BCUT2D eigenvalue weighted by molar-refractivity contribution is 5.14. The number of aryl methyl sites for hydroxylation is 1. The smallest absolute Gasteiger partial charge is 0.172 e. The standard InChI is InChI=1S/C8H12NO/c1-3-9-6-4-8(10-2)5-7-9/h4-7H,3H2,1-2H3/q+1. The summed E-state index contributed by atoms with van der Waals surface area (Å²) in [5.74, 6) is 0.907. The van der Waals surface area contributed by atoms with Gasteiger partial charge in [0.1, 0.15) is 12.3 Å². The third-order valence-corrected chi connectivity index (χ3v) is 1.46. The minimum Gasteiger partial charge on any atom is -0.496 e. The summed E-state index contributed by atoms with van der Waals surface area (Å²) in [4.78, 5) is 0. The van der Waals surface area contributed by atoms with Gasteiger partial charge in [0, 0.05) is 12.1 Å². The van der Waals surface area contributed by atoms with Gasteiger partial charge >= 0.3 is 0 Å². The Bertz CT molecular complexity index is 170. The van der Waals surface area contributed by atoms with Crippen molar-refractivity contribution in [3.8, 4) is 5.75 Å². The number of nitrogens with zero attached hydrogens (tertiary/aromatic N) is 1. The van der Waals surface area contributed by atoms with Crippen LogP contribution in [0.25, 0.3) is 0 Å². The van der Waals surface area contributed by atoms with Crippen molar-refractivity contribution in [1.29, 1.82) is 0 Å². The quantitative estimate of drug-likeness (QED) is 0.556. The Morgan fingerprint density at radius 1 is 1.40 bits per heavy atom. The highest BCUT2D eigenvalue weighted by Crippen LogP contribution is 2.03. The Labute approximate surface area is 61.1 Å². The van der Waals surface area contributed by atoms with E-state index in [4.69, 9.17) is 4.74 Å². The fourth-order valence-corrected chi connectivity index (χ4v) is 0.791. The topological polar surface area (TPSA) is 13.1 Å². The second-order valence-corrected chi connectivity index (χ2v) is 2.07. The molecule has 0 atom stereocenters. The molecule has 10 heavy (non-hydrogen) atoms. The van der Waals surface area contributed by atoms with E-state index in [-0.39, 0.29) is 0 Å². The Balaban J connectivity index is 2.80. The maximum Gasteiger partial charge on any atom is 0.172 e. The molecule has 1 heterocycles. The maximum atomic E-state index is 5.00. The van der Waals surface area contributed by atoms with Gasteiger partial charge in [-0.2, -0.15) is 0 Å². The summed E-state index contributed by atoms with van der Waals surface area (Å²) in [6.45, 7) is 3.11. The summed E-state index contributed by atoms with van der Waals surface area (Å²) in [5, 5.41) is 0. The lowest BCUT2D eigenvalue weighted by Crippen LogP contribution is -2.30. The van der Waals surface area contributed by atoms with Crippen molar-refractivity contribution in [3.05, 3.63) is 24.5 Å². The molecule has 0 saturated heterocycles. The SMILES string of the molecule is CC[n+]1ccc(OC)cc1. The van der Waals surface area contributed by atoms with Gasteiger partial charge in [0.15, 0.2) is 12.4 Å². The van der Waals surface area contributed by atoms with Crippen molar-refractivity contribution >= 4 is 0 Å². The number of hydrogen-bond donors (Lipinski definition) is 0. The van der Waals surface area contributed by atoms with Gasteiger partial charge in [0.05, 0.1) is 7.11 Å². The minimum atomic E-state index is 0.907. The molecular weight excluding hydrogens is 126 g/mol. The summed E-state index contributed by atoms with van der Waals surface area (Å²) in [6.07, 6.45) is 4.00. The highest BCUT2D eigenvalue weighted by atomic mass is 16.5. The monoisotopic (exact) mass is 138 g/mol. The number of ether oxygens (including phenoxy) is 1. The van der Waals surface area contributed by atoms with E-state index in [1.165, 1.54) is 0 Å². The summed E-state index contributed by atoms with van der Waals surface area (Å²) in [5.41, 5.74) is 0. The number of pyridine rings is 1. The normalized spacial score (nSPS) is 9.40. The fraction of sp³-hybridized carbons (Fsp3) is 0.375. The molecule has 0 aromatic carbocycles. The maximum absolute atomic E-state index is 5.00. The zero-order chi connectivity index (χ0) is 7.40. The predicted octanol–water partition coefficient (Wildman–Crippen LogP) is 1.00. The van der Waals surface area contributed by atoms with Crippen LogP contribution in [0.2, 0.25) is 0 Å². The van der Waals surface area contributed by atoms with Crippen molar-refractivity contribution in [2.24, 2.45) is 0 Å². The third-order valence-electron chi connectivity index (χ3n) is 1.46. The highest BCUT2D eigenvalue weighted by Gasteiger charge is 1.94. The van der Waals surface area contributed by atoms with Crippen LogP contribution in [0.3, 0.4) is 0 Å². The first-order chi connectivity index (χ1) is 4.86. The molecule has 0 radical (unpaired) electrons. The van der Waals surface area contributed by atoms with Crippen molar-refractivity contribution in [2.75, 3.05) is 7.11 Å². The number of hydrogen-bond acceptors (Lipinski definition) is 1. The molecule has 0 aliphatic rings. The molecule has 54 valence electrons. The predicted molar refractivity (Wildman–Crippen MR) is 38.9 cm³/mol. The van der Waals surface area contributed by atoms with Crippen LogP contribution in [0.5, 0.6) is 5.75 Å². The van der Waals surface area contributed by atoms with E-state index in [0.717, 1.165) is 12.3 Å². The van der Waals surface area contributed by atoms with E-state index in [1.807, 2.05) is 24.5 Å². The molecule has 0 spiro atoms. The molecule has 0 saturated carbocycles. The van der Waals surface area contributed by atoms with Crippen LogP contribution < -0.4 is 9.30 Å². The second-order valence-electron chi connectivity index (χ2n) is 2.07. The lowest BCUT2D eigenvalue weighted by Gasteiger charge is -1.95. The lowest BCUT2D eigenvalue weighted by molar-refractivity contribution is -0.693. The molecule has 0 unspecified atom stereocenters. The van der Waals surface area contributed by atoms with Gasteiger partial charge in [0.25, 0.3) is 0 Å². The Kier molecular flexibility index (Phi) is 2.26. The van der Waals surface area contributed by atoms with Gasteiger partial charge in [-0.05, 0) is 6.92 Å². The largest absolute Gasteiger partial charge is 0.496 e. The Morgan fingerprint density at radius 3 is 2.40 bits per heavy atom. The molecule has 0 aliphatic carbocycles. The molecule has 0 bridgehead atoms. The molecular formula is C8H12NO+. The van der Waals surface area contributed by atoms with Crippen molar-refractivity contribution in [3.63, 3.8) is 0 Å². The molecule has 2 heteroatoms. The average Bonchev–Trinajstić information content (AvgIpc) is 2.05. The van der Waals surface area contributed by atoms with Crippen molar-refractivity contribution < 1.29 is 9.30 Å². The first-order valence-corrected chi connectivity index (χ1v) is 3.40. The van der Waals surface area contributed by atoms with E-state index in [9.17, 15) is 0 Å². The van der Waals surface area contributed by atoms with Crippen LogP contribution in [0.15, 0.2) is 24.5 Å². The van der Waals surface area contributed by atoms with E-state index in [2.05, 4.69) is 11.5 Å². The van der Waals surface area contributed by atoms with Gasteiger partial charge in [0.2, 0.25) is 0 Å². The number of methoxy groups -OCH3 is 1. The molecule has 2 nitrogen and oxygen atoms in total. The van der Waals surface area contributed by atoms with Crippen LogP contribution in [0, 0.1) is 0 Å². The van der Waals surface area contributed by atoms with Gasteiger partial charge in [-0.15, -0.1) is 0 Å². The second kappa shape index (κ2) is 3.20. The molecule has 0 N–H and O–H groups in total. The van der Waals surface area contributed by atoms with Crippen LogP contribution >= 0.6 is 0 Å². The first-order valence-electron chi connectivity index (χ1n) is 3.40. The number of rotatable bonds is 2. The van der Waals surface area contributed by atoms with Crippen LogP contribution in [0.4, 0.5) is 0 Å². The number of aromatic nitrogens is 1. The Hall–Kier alpha value is -1.05. The molecule has 1 aromatic heterocycles. The van der Waals surface area contributed by atoms with Gasteiger partial charge in [-0.3, -0.25) is 0 Å². The van der Waals surface area contributed by atoms with Crippen LogP contribution in [-0.2, 0) is 6.54 Å². The Morgan fingerprint density at radius 2 is 2.00 bits per heavy atom. The van der Waals surface area contributed by atoms with Crippen molar-refractivity contribution in [2.45, 2.75) is 13.5 Å². The van der Waals surface area contributed by atoms with Gasteiger partial charge < -0.3 is 4.74 Å². The zero-order valence-corrected chi connectivity index (χ0v) is 6.37. The summed E-state index contributed by atoms with van der Waals surface area (Å²) in [6, 6.07) is 3.90.